The Morgan fingerprint density at radius 3 is 2.39 bits per heavy atom. The van der Waals surface area contributed by atoms with Gasteiger partial charge < -0.3 is 5.32 Å². The summed E-state index contributed by atoms with van der Waals surface area (Å²) < 4.78 is 26.3. The number of nitro benzene ring substituents is 1. The van der Waals surface area contributed by atoms with Gasteiger partial charge >= 0.3 is 0 Å². The fraction of sp³-hybridized carbons (Fsp3) is 0.316. The van der Waals surface area contributed by atoms with Crippen LogP contribution in [0.15, 0.2) is 47.4 Å². The summed E-state index contributed by atoms with van der Waals surface area (Å²) in [5, 5.41) is 13.7. The second kappa shape index (κ2) is 8.94. The Morgan fingerprint density at radius 2 is 1.82 bits per heavy atom. The molecule has 0 aliphatic carbocycles. The van der Waals surface area contributed by atoms with Crippen LogP contribution in [0.25, 0.3) is 0 Å². The summed E-state index contributed by atoms with van der Waals surface area (Å²) in [5.41, 5.74) is 0.710. The van der Waals surface area contributed by atoms with Crippen LogP contribution in [0.3, 0.4) is 0 Å². The number of benzene rings is 2. The average Bonchev–Trinajstić information content (AvgIpc) is 2.66. The number of anilines is 1. The van der Waals surface area contributed by atoms with Crippen LogP contribution in [-0.4, -0.2) is 37.1 Å². The van der Waals surface area contributed by atoms with Crippen molar-refractivity contribution in [3.05, 3.63) is 63.7 Å². The first-order valence-corrected chi connectivity index (χ1v) is 10.2. The van der Waals surface area contributed by atoms with Crippen LogP contribution in [0.4, 0.5) is 11.4 Å². The monoisotopic (exact) mass is 405 g/mol. The maximum absolute atomic E-state index is 12.5. The van der Waals surface area contributed by atoms with E-state index in [1.54, 1.807) is 0 Å². The zero-order chi connectivity index (χ0) is 20.9. The van der Waals surface area contributed by atoms with E-state index in [0.29, 0.717) is 12.2 Å². The number of hydrogen-bond donors (Lipinski definition) is 1. The van der Waals surface area contributed by atoms with Gasteiger partial charge in [0.25, 0.3) is 11.6 Å². The van der Waals surface area contributed by atoms with Crippen molar-refractivity contribution in [3.8, 4) is 0 Å². The molecular weight excluding hydrogens is 382 g/mol. The number of nitrogens with one attached hydrogen (secondary N) is 1. The van der Waals surface area contributed by atoms with Crippen LogP contribution >= 0.6 is 0 Å². The van der Waals surface area contributed by atoms with Crippen LogP contribution in [0, 0.1) is 17.0 Å². The summed E-state index contributed by atoms with van der Waals surface area (Å²) in [6.07, 6.45) is 1.66. The fourth-order valence-electron chi connectivity index (χ4n) is 2.66. The van der Waals surface area contributed by atoms with Crippen molar-refractivity contribution in [1.82, 2.24) is 4.31 Å². The third-order valence-corrected chi connectivity index (χ3v) is 6.26. The molecule has 150 valence electrons. The van der Waals surface area contributed by atoms with Gasteiger partial charge in [0, 0.05) is 36.5 Å². The molecule has 0 saturated heterocycles. The predicted octanol–water partition coefficient (Wildman–Crippen LogP) is 3.58. The summed E-state index contributed by atoms with van der Waals surface area (Å²) in [6, 6.07) is 10.1. The van der Waals surface area contributed by atoms with E-state index in [1.807, 2.05) is 6.92 Å². The maximum atomic E-state index is 12.5. The van der Waals surface area contributed by atoms with Crippen LogP contribution in [-0.2, 0) is 10.0 Å². The Balaban J connectivity index is 2.18. The van der Waals surface area contributed by atoms with E-state index in [9.17, 15) is 23.3 Å². The molecular formula is C19H23N3O5S. The van der Waals surface area contributed by atoms with Crippen LogP contribution in [0.1, 0.15) is 35.7 Å². The third kappa shape index (κ3) is 4.73. The summed E-state index contributed by atoms with van der Waals surface area (Å²) in [4.78, 5) is 23.1. The van der Waals surface area contributed by atoms with Gasteiger partial charge in [-0.3, -0.25) is 14.9 Å². The van der Waals surface area contributed by atoms with Crippen LogP contribution in [0.5, 0.6) is 0 Å². The van der Waals surface area contributed by atoms with Crippen molar-refractivity contribution < 1.29 is 18.1 Å². The highest BCUT2D eigenvalue weighted by molar-refractivity contribution is 7.89. The van der Waals surface area contributed by atoms with Crippen molar-refractivity contribution in [1.29, 1.82) is 0 Å². The zero-order valence-electron chi connectivity index (χ0n) is 16.0. The van der Waals surface area contributed by atoms with Gasteiger partial charge in [0.1, 0.15) is 0 Å². The van der Waals surface area contributed by atoms with Gasteiger partial charge in [0.15, 0.2) is 0 Å². The van der Waals surface area contributed by atoms with Gasteiger partial charge in [0.05, 0.1) is 9.82 Å². The highest BCUT2D eigenvalue weighted by atomic mass is 32.2. The average molecular weight is 405 g/mol. The Hall–Kier alpha value is -2.78. The Kier molecular flexibility index (Phi) is 6.87. The first kappa shape index (κ1) is 21.5. The Bertz CT molecular complexity index is 972. The van der Waals surface area contributed by atoms with E-state index >= 15 is 0 Å². The van der Waals surface area contributed by atoms with E-state index in [2.05, 4.69) is 5.32 Å². The van der Waals surface area contributed by atoms with Crippen LogP contribution < -0.4 is 5.32 Å². The predicted molar refractivity (Wildman–Crippen MR) is 107 cm³/mol. The minimum atomic E-state index is -3.58. The number of hydrogen-bond acceptors (Lipinski definition) is 5. The van der Waals surface area contributed by atoms with Gasteiger partial charge in [-0.15, -0.1) is 0 Å². The molecule has 0 spiro atoms. The van der Waals surface area contributed by atoms with Gasteiger partial charge in [-0.2, -0.15) is 0 Å². The van der Waals surface area contributed by atoms with Crippen molar-refractivity contribution in [2.45, 2.75) is 31.6 Å². The molecule has 1 amide bonds. The normalized spacial score (nSPS) is 11.4. The number of amides is 1. The highest BCUT2D eigenvalue weighted by Gasteiger charge is 2.21. The summed E-state index contributed by atoms with van der Waals surface area (Å²) in [5.74, 6) is -0.503. The Labute approximate surface area is 164 Å². The molecule has 0 heterocycles. The van der Waals surface area contributed by atoms with Crippen molar-refractivity contribution in [3.63, 3.8) is 0 Å². The van der Waals surface area contributed by atoms with Crippen molar-refractivity contribution >= 4 is 27.3 Å². The van der Waals surface area contributed by atoms with Gasteiger partial charge in [-0.1, -0.05) is 19.4 Å². The first-order valence-electron chi connectivity index (χ1n) is 8.80. The lowest BCUT2D eigenvalue weighted by molar-refractivity contribution is -0.385. The molecule has 0 fully saturated rings. The summed E-state index contributed by atoms with van der Waals surface area (Å²) in [6.45, 7) is 3.93. The van der Waals surface area contributed by atoms with Crippen molar-refractivity contribution in [2.24, 2.45) is 0 Å². The smallest absolute Gasteiger partial charge is 0.273 e. The molecule has 0 saturated carbocycles. The minimum absolute atomic E-state index is 0.135. The second-order valence-electron chi connectivity index (χ2n) is 6.37. The Morgan fingerprint density at radius 1 is 1.18 bits per heavy atom. The maximum Gasteiger partial charge on any atom is 0.273 e. The summed E-state index contributed by atoms with van der Waals surface area (Å²) in [7, 11) is -2.05. The molecule has 0 aliphatic rings. The third-order valence-electron chi connectivity index (χ3n) is 4.39. The van der Waals surface area contributed by atoms with Crippen molar-refractivity contribution in [2.75, 3.05) is 18.9 Å². The molecule has 1 N–H and O–H groups in total. The number of unbranched alkanes of at least 4 members (excludes halogenated alkanes) is 1. The lowest BCUT2D eigenvalue weighted by Gasteiger charge is -2.17. The molecule has 0 unspecified atom stereocenters. The number of carbonyl (C=O) groups excluding carboxylic acids is 1. The minimum Gasteiger partial charge on any atom is -0.322 e. The van der Waals surface area contributed by atoms with Gasteiger partial charge in [0.2, 0.25) is 10.0 Å². The molecule has 0 bridgehead atoms. The SMILES string of the molecule is CCCCN(C)S(=O)(=O)c1ccc(NC(=O)c2cccc([N+](=O)[O-])c2C)cc1. The van der Waals surface area contributed by atoms with Crippen LogP contribution in [0.2, 0.25) is 0 Å². The van der Waals surface area contributed by atoms with E-state index in [0.717, 1.165) is 12.8 Å². The first-order chi connectivity index (χ1) is 13.2. The molecule has 8 nitrogen and oxygen atoms in total. The van der Waals surface area contributed by atoms with E-state index < -0.39 is 20.9 Å². The number of nitro groups is 1. The highest BCUT2D eigenvalue weighted by Crippen LogP contribution is 2.23. The molecule has 2 aromatic rings. The zero-order valence-corrected chi connectivity index (χ0v) is 16.8. The number of sulfonamides is 1. The molecule has 0 aliphatic heterocycles. The molecule has 2 rings (SSSR count). The lowest BCUT2D eigenvalue weighted by atomic mass is 10.1. The number of carbonyl (C=O) groups is 1. The topological polar surface area (TPSA) is 110 Å². The van der Waals surface area contributed by atoms with Gasteiger partial charge in [-0.25, -0.2) is 12.7 Å². The van der Waals surface area contributed by atoms with E-state index in [-0.39, 0.29) is 21.7 Å². The molecule has 0 radical (unpaired) electrons. The number of nitrogens with zero attached hydrogens (tertiary/aromatic N) is 2. The molecule has 28 heavy (non-hydrogen) atoms. The second-order valence-corrected chi connectivity index (χ2v) is 8.41. The molecule has 9 heteroatoms. The fourth-order valence-corrected chi connectivity index (χ4v) is 3.87. The number of rotatable bonds is 8. The quantitative estimate of drug-likeness (QED) is 0.533. The van der Waals surface area contributed by atoms with E-state index in [4.69, 9.17) is 0 Å². The largest absolute Gasteiger partial charge is 0.322 e. The molecule has 0 aromatic heterocycles. The molecule has 0 atom stereocenters. The lowest BCUT2D eigenvalue weighted by Crippen LogP contribution is -2.27. The van der Waals surface area contributed by atoms with E-state index in [1.165, 1.54) is 60.7 Å². The molecule has 2 aromatic carbocycles. The standard InChI is InChI=1S/C19H23N3O5S/c1-4-5-13-21(3)28(26,27)16-11-9-15(10-12-16)20-19(23)17-7-6-8-18(14(17)2)22(24)25/h6-12H,4-5,13H2,1-3H3,(H,20,23). The summed E-state index contributed by atoms with van der Waals surface area (Å²) >= 11 is 0. The van der Waals surface area contributed by atoms with Gasteiger partial charge in [-0.05, 0) is 43.7 Å².